The van der Waals surface area contributed by atoms with Crippen molar-refractivity contribution in [2.24, 2.45) is 5.92 Å². The molecule has 1 heterocycles. The first-order chi connectivity index (χ1) is 13.8. The number of nitrogens with one attached hydrogen (secondary N) is 1. The van der Waals surface area contributed by atoms with Crippen LogP contribution in [0.5, 0.6) is 5.75 Å². The molecule has 1 amide bonds. The van der Waals surface area contributed by atoms with Gasteiger partial charge >= 0.3 is 0 Å². The van der Waals surface area contributed by atoms with Gasteiger partial charge in [0.05, 0.1) is 17.8 Å². The van der Waals surface area contributed by atoms with Crippen LogP contribution in [0.2, 0.25) is 0 Å². The molecule has 6 nitrogen and oxygen atoms in total. The minimum atomic E-state index is -3.46. The molecule has 0 bridgehead atoms. The van der Waals surface area contributed by atoms with E-state index >= 15 is 0 Å². The van der Waals surface area contributed by atoms with Gasteiger partial charge in [-0.25, -0.2) is 12.7 Å². The van der Waals surface area contributed by atoms with Gasteiger partial charge in [0.25, 0.3) is 0 Å². The molecule has 0 saturated carbocycles. The summed E-state index contributed by atoms with van der Waals surface area (Å²) in [6.07, 6.45) is 1.39. The first kappa shape index (κ1) is 21.3. The van der Waals surface area contributed by atoms with E-state index in [0.717, 1.165) is 5.56 Å². The predicted molar refractivity (Wildman–Crippen MR) is 114 cm³/mol. The number of ether oxygens (including phenoxy) is 1. The van der Waals surface area contributed by atoms with Gasteiger partial charge in [0.1, 0.15) is 5.75 Å². The number of nitrogens with zero attached hydrogens (tertiary/aromatic N) is 1. The fourth-order valence-corrected chi connectivity index (χ4v) is 5.06. The molecular weight excluding hydrogens is 388 g/mol. The van der Waals surface area contributed by atoms with Gasteiger partial charge in [0.15, 0.2) is 0 Å². The number of amides is 1. The highest BCUT2D eigenvalue weighted by Gasteiger charge is 2.32. The number of sulfonamides is 1. The highest BCUT2D eigenvalue weighted by molar-refractivity contribution is 7.88. The van der Waals surface area contributed by atoms with Gasteiger partial charge < -0.3 is 10.1 Å². The van der Waals surface area contributed by atoms with E-state index in [2.05, 4.69) is 5.32 Å². The average Bonchev–Trinajstić information content (AvgIpc) is 2.68. The van der Waals surface area contributed by atoms with E-state index in [1.807, 2.05) is 44.2 Å². The van der Waals surface area contributed by atoms with Crippen LogP contribution >= 0.6 is 0 Å². The normalized spacial score (nSPS) is 17.8. The quantitative estimate of drug-likeness (QED) is 0.747. The smallest absolute Gasteiger partial charge is 0.228 e. The van der Waals surface area contributed by atoms with Gasteiger partial charge in [0.2, 0.25) is 15.9 Å². The van der Waals surface area contributed by atoms with Crippen LogP contribution in [-0.4, -0.2) is 37.8 Å². The second kappa shape index (κ2) is 9.41. The molecule has 1 saturated heterocycles. The number of piperidine rings is 1. The fraction of sp³-hybridized carbons (Fsp3) is 0.409. The van der Waals surface area contributed by atoms with E-state index in [-0.39, 0.29) is 30.2 Å². The fourth-order valence-electron chi connectivity index (χ4n) is 3.45. The van der Waals surface area contributed by atoms with E-state index in [4.69, 9.17) is 4.74 Å². The van der Waals surface area contributed by atoms with Gasteiger partial charge in [-0.2, -0.15) is 0 Å². The summed E-state index contributed by atoms with van der Waals surface area (Å²) in [5.74, 6) is 0.111. The van der Waals surface area contributed by atoms with Crippen molar-refractivity contribution < 1.29 is 17.9 Å². The number of rotatable bonds is 7. The molecule has 0 radical (unpaired) electrons. The Labute approximate surface area is 172 Å². The zero-order valence-electron chi connectivity index (χ0n) is 16.9. The maximum atomic E-state index is 12.8. The van der Waals surface area contributed by atoms with E-state index in [1.165, 1.54) is 4.31 Å². The molecule has 1 atom stereocenters. The minimum absolute atomic E-state index is 0.0441. The number of anilines is 1. The van der Waals surface area contributed by atoms with Crippen molar-refractivity contribution in [2.45, 2.75) is 38.5 Å². The lowest BCUT2D eigenvalue weighted by atomic mass is 9.98. The Kier molecular flexibility index (Phi) is 6.92. The van der Waals surface area contributed by atoms with E-state index in [0.29, 0.717) is 30.8 Å². The molecule has 0 spiro atoms. The Morgan fingerprint density at radius 1 is 1.17 bits per heavy atom. The van der Waals surface area contributed by atoms with Gasteiger partial charge in [-0.05, 0) is 44.4 Å². The Balaban J connectivity index is 1.63. The van der Waals surface area contributed by atoms with Crippen molar-refractivity contribution in [1.82, 2.24) is 4.31 Å². The lowest BCUT2D eigenvalue weighted by molar-refractivity contribution is -0.120. The molecule has 156 valence electrons. The monoisotopic (exact) mass is 416 g/mol. The molecule has 2 aromatic carbocycles. The zero-order chi connectivity index (χ0) is 20.9. The van der Waals surface area contributed by atoms with Crippen LogP contribution in [0.25, 0.3) is 0 Å². The number of benzene rings is 2. The maximum absolute atomic E-state index is 12.8. The molecule has 1 aliphatic rings. The van der Waals surface area contributed by atoms with Gasteiger partial charge in [-0.15, -0.1) is 0 Å². The van der Waals surface area contributed by atoms with Gasteiger partial charge in [-0.1, -0.05) is 36.4 Å². The molecule has 1 N–H and O–H groups in total. The predicted octanol–water partition coefficient (Wildman–Crippen LogP) is 3.65. The van der Waals surface area contributed by atoms with Crippen molar-refractivity contribution in [1.29, 1.82) is 0 Å². The third-order valence-electron chi connectivity index (χ3n) is 4.81. The number of hydrogen-bond acceptors (Lipinski definition) is 4. The van der Waals surface area contributed by atoms with Gasteiger partial charge in [-0.3, -0.25) is 4.79 Å². The molecular formula is C22H28N2O4S. The third-order valence-corrected chi connectivity index (χ3v) is 6.63. The molecule has 29 heavy (non-hydrogen) atoms. The number of carbonyl (C=O) groups excluding carboxylic acids is 1. The molecule has 0 unspecified atom stereocenters. The largest absolute Gasteiger partial charge is 0.491 e. The summed E-state index contributed by atoms with van der Waals surface area (Å²) >= 11 is 0. The Morgan fingerprint density at radius 3 is 2.66 bits per heavy atom. The first-order valence-electron chi connectivity index (χ1n) is 9.93. The van der Waals surface area contributed by atoms with Crippen molar-refractivity contribution in [3.8, 4) is 5.75 Å². The zero-order valence-corrected chi connectivity index (χ0v) is 17.7. The van der Waals surface area contributed by atoms with Crippen LogP contribution in [-0.2, 0) is 20.6 Å². The number of hydrogen-bond donors (Lipinski definition) is 1. The van der Waals surface area contributed by atoms with Crippen LogP contribution in [0.4, 0.5) is 5.69 Å². The Bertz CT molecular complexity index is 929. The van der Waals surface area contributed by atoms with Crippen LogP contribution < -0.4 is 10.1 Å². The average molecular weight is 417 g/mol. The van der Waals surface area contributed by atoms with Crippen molar-refractivity contribution >= 4 is 21.6 Å². The summed E-state index contributed by atoms with van der Waals surface area (Å²) in [5, 5.41) is 2.91. The number of carbonyl (C=O) groups is 1. The Hall–Kier alpha value is -2.38. The van der Waals surface area contributed by atoms with Crippen LogP contribution in [0.3, 0.4) is 0 Å². The molecule has 1 aliphatic heterocycles. The summed E-state index contributed by atoms with van der Waals surface area (Å²) in [4.78, 5) is 12.8. The topological polar surface area (TPSA) is 75.7 Å². The van der Waals surface area contributed by atoms with Crippen LogP contribution in [0.1, 0.15) is 32.3 Å². The van der Waals surface area contributed by atoms with Gasteiger partial charge in [0, 0.05) is 24.8 Å². The van der Waals surface area contributed by atoms with Crippen LogP contribution in [0.15, 0.2) is 54.6 Å². The lowest BCUT2D eigenvalue weighted by Gasteiger charge is -2.31. The lowest BCUT2D eigenvalue weighted by Crippen LogP contribution is -2.44. The molecule has 1 fully saturated rings. The van der Waals surface area contributed by atoms with Crippen LogP contribution in [0, 0.1) is 5.92 Å². The van der Waals surface area contributed by atoms with Crippen molar-refractivity contribution in [3.63, 3.8) is 0 Å². The highest BCUT2D eigenvalue weighted by atomic mass is 32.2. The maximum Gasteiger partial charge on any atom is 0.228 e. The summed E-state index contributed by atoms with van der Waals surface area (Å²) in [6, 6.07) is 16.4. The first-order valence-corrected chi connectivity index (χ1v) is 11.5. The third kappa shape index (κ3) is 6.05. The summed E-state index contributed by atoms with van der Waals surface area (Å²) in [5.41, 5.74) is 1.40. The summed E-state index contributed by atoms with van der Waals surface area (Å²) in [7, 11) is -3.46. The summed E-state index contributed by atoms with van der Waals surface area (Å²) in [6.45, 7) is 4.55. The van der Waals surface area contributed by atoms with E-state index in [9.17, 15) is 13.2 Å². The second-order valence-corrected chi connectivity index (χ2v) is 9.59. The minimum Gasteiger partial charge on any atom is -0.491 e. The van der Waals surface area contributed by atoms with E-state index in [1.54, 1.807) is 24.3 Å². The molecule has 2 aromatic rings. The molecule has 0 aliphatic carbocycles. The Morgan fingerprint density at radius 2 is 1.93 bits per heavy atom. The molecule has 7 heteroatoms. The summed E-state index contributed by atoms with van der Waals surface area (Å²) < 4.78 is 32.7. The molecule has 0 aromatic heterocycles. The standard InChI is InChI=1S/C22H28N2O4S/c1-17(2)28-21-12-6-11-20(14-21)23-22(25)19-10-7-13-24(15-19)29(26,27)16-18-8-4-3-5-9-18/h3-6,8-9,11-12,14,17,19H,7,10,13,15-16H2,1-2H3,(H,23,25)/t19-/m0/s1. The second-order valence-electron chi connectivity index (χ2n) is 7.62. The van der Waals surface area contributed by atoms with Crippen molar-refractivity contribution in [3.05, 3.63) is 60.2 Å². The highest BCUT2D eigenvalue weighted by Crippen LogP contribution is 2.24. The van der Waals surface area contributed by atoms with Crippen molar-refractivity contribution in [2.75, 3.05) is 18.4 Å². The van der Waals surface area contributed by atoms with E-state index < -0.39 is 10.0 Å². The molecule has 3 rings (SSSR count). The SMILES string of the molecule is CC(C)Oc1cccc(NC(=O)[C@H]2CCCN(S(=O)(=O)Cc3ccccc3)C2)c1.